The molecule has 13 heavy (non-hydrogen) atoms. The molecule has 1 aromatic rings. The Bertz CT molecular complexity index is 328. The minimum Gasteiger partial charge on any atom is -0.354 e. The van der Waals surface area contributed by atoms with Crippen LogP contribution in [0, 0.1) is 4.64 Å². The zero-order valence-corrected chi connectivity index (χ0v) is 8.31. The van der Waals surface area contributed by atoms with E-state index in [1.165, 1.54) is 19.3 Å². The number of piperidine rings is 1. The van der Waals surface area contributed by atoms with Gasteiger partial charge in [-0.3, -0.25) is 0 Å². The Morgan fingerprint density at radius 3 is 2.77 bits per heavy atom. The summed E-state index contributed by atoms with van der Waals surface area (Å²) < 4.78 is 0.754. The predicted molar refractivity (Wildman–Crippen MR) is 55.5 cm³/mol. The number of H-pyrrole nitrogens is 1. The van der Waals surface area contributed by atoms with Gasteiger partial charge < -0.3 is 9.88 Å². The number of anilines is 1. The van der Waals surface area contributed by atoms with E-state index in [1.54, 1.807) is 12.4 Å². The Kier molecular flexibility index (Phi) is 2.59. The van der Waals surface area contributed by atoms with Crippen LogP contribution in [0.1, 0.15) is 19.3 Å². The molecule has 70 valence electrons. The molecular weight excluding hydrogens is 182 g/mol. The summed E-state index contributed by atoms with van der Waals surface area (Å²) in [6, 6.07) is 0. The molecule has 0 bridgehead atoms. The van der Waals surface area contributed by atoms with Crippen molar-refractivity contribution >= 4 is 18.0 Å². The van der Waals surface area contributed by atoms with Gasteiger partial charge in [-0.2, -0.15) is 0 Å². The number of nitrogens with zero attached hydrogens (tertiary/aromatic N) is 2. The highest BCUT2D eigenvalue weighted by Gasteiger charge is 2.12. The zero-order chi connectivity index (χ0) is 9.10. The maximum Gasteiger partial charge on any atom is 0.163 e. The third kappa shape index (κ3) is 1.88. The van der Waals surface area contributed by atoms with Gasteiger partial charge in [0.05, 0.1) is 0 Å². The lowest BCUT2D eigenvalue weighted by Gasteiger charge is -2.27. The number of nitrogens with one attached hydrogen (secondary N) is 1. The van der Waals surface area contributed by atoms with Crippen LogP contribution in [0.3, 0.4) is 0 Å². The smallest absolute Gasteiger partial charge is 0.163 e. The maximum absolute atomic E-state index is 5.17. The van der Waals surface area contributed by atoms with Crippen LogP contribution in [0.15, 0.2) is 12.4 Å². The lowest BCUT2D eigenvalue weighted by atomic mass is 10.1. The topological polar surface area (TPSA) is 31.9 Å². The third-order valence-corrected chi connectivity index (χ3v) is 2.64. The Labute approximate surface area is 82.8 Å². The van der Waals surface area contributed by atoms with Gasteiger partial charge in [0.1, 0.15) is 4.64 Å². The van der Waals surface area contributed by atoms with Gasteiger partial charge in [0.15, 0.2) is 5.82 Å². The molecule has 0 atom stereocenters. The standard InChI is InChI=1S/C9H13N3S/c13-9-8(10-4-5-11-9)12-6-2-1-3-7-12/h4-5H,1-3,6-7H2,(H,11,13). The van der Waals surface area contributed by atoms with Crippen LogP contribution in [0.2, 0.25) is 0 Å². The number of aromatic nitrogens is 2. The molecule has 1 saturated heterocycles. The lowest BCUT2D eigenvalue weighted by molar-refractivity contribution is 0.572. The van der Waals surface area contributed by atoms with Gasteiger partial charge >= 0.3 is 0 Å². The molecule has 0 aromatic carbocycles. The summed E-state index contributed by atoms with van der Waals surface area (Å²) in [5, 5.41) is 0. The van der Waals surface area contributed by atoms with Gasteiger partial charge in [0.2, 0.25) is 0 Å². The number of hydrogen-bond acceptors (Lipinski definition) is 3. The molecule has 1 N–H and O–H groups in total. The Balaban J connectivity index is 2.24. The fourth-order valence-corrected chi connectivity index (χ4v) is 1.92. The van der Waals surface area contributed by atoms with Crippen molar-refractivity contribution in [3.63, 3.8) is 0 Å². The second-order valence-corrected chi connectivity index (χ2v) is 3.70. The molecule has 0 spiro atoms. The highest BCUT2D eigenvalue weighted by molar-refractivity contribution is 7.71. The zero-order valence-electron chi connectivity index (χ0n) is 7.49. The van der Waals surface area contributed by atoms with Crippen LogP contribution < -0.4 is 4.90 Å². The van der Waals surface area contributed by atoms with Crippen LogP contribution in [0.5, 0.6) is 0 Å². The van der Waals surface area contributed by atoms with E-state index in [0.29, 0.717) is 0 Å². The van der Waals surface area contributed by atoms with Crippen molar-refractivity contribution in [1.29, 1.82) is 0 Å². The molecule has 4 heteroatoms. The first-order valence-electron chi connectivity index (χ1n) is 4.66. The van der Waals surface area contributed by atoms with Crippen molar-refractivity contribution in [2.75, 3.05) is 18.0 Å². The summed E-state index contributed by atoms with van der Waals surface area (Å²) in [7, 11) is 0. The van der Waals surface area contributed by atoms with E-state index >= 15 is 0 Å². The quantitative estimate of drug-likeness (QED) is 0.697. The van der Waals surface area contributed by atoms with E-state index in [1.807, 2.05) is 0 Å². The van der Waals surface area contributed by atoms with Crippen molar-refractivity contribution in [3.8, 4) is 0 Å². The summed E-state index contributed by atoms with van der Waals surface area (Å²) in [4.78, 5) is 9.57. The second kappa shape index (κ2) is 3.87. The largest absolute Gasteiger partial charge is 0.354 e. The van der Waals surface area contributed by atoms with Gasteiger partial charge in [-0.25, -0.2) is 4.98 Å². The average molecular weight is 195 g/mol. The molecule has 2 rings (SSSR count). The lowest BCUT2D eigenvalue weighted by Crippen LogP contribution is -2.30. The van der Waals surface area contributed by atoms with E-state index in [4.69, 9.17) is 12.2 Å². The minimum absolute atomic E-state index is 0.754. The van der Waals surface area contributed by atoms with Crippen molar-refractivity contribution in [1.82, 2.24) is 9.97 Å². The van der Waals surface area contributed by atoms with E-state index in [2.05, 4.69) is 14.9 Å². The van der Waals surface area contributed by atoms with Crippen molar-refractivity contribution in [2.24, 2.45) is 0 Å². The normalized spacial score (nSPS) is 17.4. The van der Waals surface area contributed by atoms with Gasteiger partial charge in [0.25, 0.3) is 0 Å². The number of aromatic amines is 1. The Morgan fingerprint density at radius 1 is 1.31 bits per heavy atom. The summed E-state index contributed by atoms with van der Waals surface area (Å²) >= 11 is 5.17. The Morgan fingerprint density at radius 2 is 2.08 bits per heavy atom. The average Bonchev–Trinajstić information content (AvgIpc) is 2.20. The first-order valence-corrected chi connectivity index (χ1v) is 5.07. The molecular formula is C9H13N3S. The van der Waals surface area contributed by atoms with Crippen LogP contribution >= 0.6 is 12.2 Å². The minimum atomic E-state index is 0.754. The van der Waals surface area contributed by atoms with Crippen LogP contribution in [-0.4, -0.2) is 23.1 Å². The van der Waals surface area contributed by atoms with Crippen molar-refractivity contribution < 1.29 is 0 Å². The number of hydrogen-bond donors (Lipinski definition) is 1. The molecule has 2 heterocycles. The van der Waals surface area contributed by atoms with E-state index < -0.39 is 0 Å². The fourth-order valence-electron chi connectivity index (χ4n) is 1.67. The molecule has 0 amide bonds. The molecule has 0 radical (unpaired) electrons. The van der Waals surface area contributed by atoms with E-state index in [-0.39, 0.29) is 0 Å². The summed E-state index contributed by atoms with van der Waals surface area (Å²) in [5.41, 5.74) is 0. The first-order chi connectivity index (χ1) is 6.38. The fraction of sp³-hybridized carbons (Fsp3) is 0.556. The molecule has 0 aliphatic carbocycles. The highest BCUT2D eigenvalue weighted by atomic mass is 32.1. The predicted octanol–water partition coefficient (Wildman–Crippen LogP) is 2.13. The van der Waals surface area contributed by atoms with Crippen molar-refractivity contribution in [3.05, 3.63) is 17.0 Å². The first kappa shape index (κ1) is 8.69. The van der Waals surface area contributed by atoms with Crippen LogP contribution in [-0.2, 0) is 0 Å². The molecule has 1 aliphatic rings. The SMILES string of the molecule is S=c1[nH]ccnc1N1CCCCC1. The summed E-state index contributed by atoms with van der Waals surface area (Å²) in [5.74, 6) is 0.942. The molecule has 0 saturated carbocycles. The third-order valence-electron chi connectivity index (χ3n) is 2.34. The summed E-state index contributed by atoms with van der Waals surface area (Å²) in [6.07, 6.45) is 7.38. The summed E-state index contributed by atoms with van der Waals surface area (Å²) in [6.45, 7) is 2.18. The van der Waals surface area contributed by atoms with E-state index in [0.717, 1.165) is 23.5 Å². The molecule has 1 fully saturated rings. The van der Waals surface area contributed by atoms with Crippen LogP contribution in [0.25, 0.3) is 0 Å². The maximum atomic E-state index is 5.17. The molecule has 0 unspecified atom stereocenters. The van der Waals surface area contributed by atoms with Gasteiger partial charge in [-0.05, 0) is 19.3 Å². The Hall–Kier alpha value is -0.900. The second-order valence-electron chi connectivity index (χ2n) is 3.29. The molecule has 1 aromatic heterocycles. The molecule has 1 aliphatic heterocycles. The van der Waals surface area contributed by atoms with Gasteiger partial charge in [-0.1, -0.05) is 12.2 Å². The monoisotopic (exact) mass is 195 g/mol. The van der Waals surface area contributed by atoms with Gasteiger partial charge in [-0.15, -0.1) is 0 Å². The highest BCUT2D eigenvalue weighted by Crippen LogP contribution is 2.16. The van der Waals surface area contributed by atoms with Gasteiger partial charge in [0, 0.05) is 25.5 Å². The van der Waals surface area contributed by atoms with Crippen LogP contribution in [0.4, 0.5) is 5.82 Å². The van der Waals surface area contributed by atoms with Crippen molar-refractivity contribution in [2.45, 2.75) is 19.3 Å². The molecule has 3 nitrogen and oxygen atoms in total. The van der Waals surface area contributed by atoms with E-state index in [9.17, 15) is 0 Å². The number of rotatable bonds is 1.